The highest BCUT2D eigenvalue weighted by Gasteiger charge is 2.08. The molecule has 6 nitrogen and oxygen atoms in total. The molecule has 0 aliphatic carbocycles. The Bertz CT molecular complexity index is 704. The molecule has 0 aliphatic rings. The Labute approximate surface area is 128 Å². The Kier molecular flexibility index (Phi) is 4.98. The molecule has 0 spiro atoms. The Morgan fingerprint density at radius 2 is 1.86 bits per heavy atom. The number of hydrogen-bond donors (Lipinski definition) is 2. The monoisotopic (exact) mass is 326 g/mol. The Balaban J connectivity index is 2.08. The molecule has 1 aromatic heterocycles. The van der Waals surface area contributed by atoms with Crippen molar-refractivity contribution in [3.63, 3.8) is 0 Å². The molecular formula is C13H15ClN4O2S. The van der Waals surface area contributed by atoms with Crippen molar-refractivity contribution in [1.29, 1.82) is 0 Å². The van der Waals surface area contributed by atoms with E-state index < -0.39 is 10.0 Å². The average Bonchev–Trinajstić information content (AvgIpc) is 2.43. The fourth-order valence-electron chi connectivity index (χ4n) is 1.66. The molecule has 0 saturated carbocycles. The van der Waals surface area contributed by atoms with Crippen LogP contribution in [0.5, 0.6) is 0 Å². The second-order valence-electron chi connectivity index (χ2n) is 4.34. The molecule has 0 saturated heterocycles. The van der Waals surface area contributed by atoms with Gasteiger partial charge in [0.25, 0.3) is 0 Å². The third-order valence-corrected chi connectivity index (χ3v) is 4.33. The van der Waals surface area contributed by atoms with Gasteiger partial charge in [-0.3, -0.25) is 4.72 Å². The topological polar surface area (TPSA) is 84.0 Å². The molecule has 112 valence electrons. The van der Waals surface area contributed by atoms with Crippen molar-refractivity contribution >= 4 is 38.8 Å². The Hall–Kier alpha value is -1.86. The molecule has 21 heavy (non-hydrogen) atoms. The summed E-state index contributed by atoms with van der Waals surface area (Å²) in [5.74, 6) is 0.592. The first kappa shape index (κ1) is 15.5. The molecular weight excluding hydrogens is 312 g/mol. The van der Waals surface area contributed by atoms with E-state index in [9.17, 15) is 8.42 Å². The van der Waals surface area contributed by atoms with Gasteiger partial charge in [0.05, 0.1) is 11.9 Å². The van der Waals surface area contributed by atoms with E-state index in [4.69, 9.17) is 11.6 Å². The van der Waals surface area contributed by atoms with Crippen LogP contribution in [0.15, 0.2) is 36.8 Å². The maximum absolute atomic E-state index is 11.7. The van der Waals surface area contributed by atoms with E-state index in [-0.39, 0.29) is 5.75 Å². The first-order valence-corrected chi connectivity index (χ1v) is 8.36. The number of aromatic nitrogens is 2. The van der Waals surface area contributed by atoms with E-state index in [1.165, 1.54) is 12.5 Å². The van der Waals surface area contributed by atoms with Gasteiger partial charge in [0.2, 0.25) is 10.0 Å². The summed E-state index contributed by atoms with van der Waals surface area (Å²) >= 11 is 5.95. The summed E-state index contributed by atoms with van der Waals surface area (Å²) in [6.45, 7) is 1.82. The minimum atomic E-state index is -3.28. The summed E-state index contributed by atoms with van der Waals surface area (Å²) in [6.07, 6.45) is 3.45. The zero-order valence-electron chi connectivity index (χ0n) is 11.4. The number of rotatable bonds is 6. The van der Waals surface area contributed by atoms with E-state index in [0.717, 1.165) is 5.69 Å². The number of nitrogens with one attached hydrogen (secondary N) is 2. The van der Waals surface area contributed by atoms with Gasteiger partial charge in [0.1, 0.15) is 11.3 Å². The summed E-state index contributed by atoms with van der Waals surface area (Å²) in [4.78, 5) is 7.81. The normalized spacial score (nSPS) is 11.1. The molecule has 0 amide bonds. The van der Waals surface area contributed by atoms with Crippen LogP contribution in [0.4, 0.5) is 17.2 Å². The summed E-state index contributed by atoms with van der Waals surface area (Å²) in [6, 6.07) is 6.82. The molecule has 2 N–H and O–H groups in total. The van der Waals surface area contributed by atoms with Crippen LogP contribution in [0.25, 0.3) is 0 Å². The van der Waals surface area contributed by atoms with Crippen LogP contribution in [0.2, 0.25) is 5.02 Å². The maximum atomic E-state index is 11.7. The zero-order valence-corrected chi connectivity index (χ0v) is 12.9. The standard InChI is InChI=1S/C13H15ClN4O2S/c1-2-7-21(19,20)18-11-5-3-10(4-6-11)17-13-12(14)8-15-9-16-13/h3-6,8-9,18H,2,7H2,1H3,(H,15,16,17). The van der Waals surface area contributed by atoms with Crippen molar-refractivity contribution < 1.29 is 8.42 Å². The predicted octanol–water partition coefficient (Wildman–Crippen LogP) is 3.03. The molecule has 0 atom stereocenters. The molecule has 0 bridgehead atoms. The number of benzene rings is 1. The number of hydrogen-bond acceptors (Lipinski definition) is 5. The summed E-state index contributed by atoms with van der Waals surface area (Å²) in [5, 5.41) is 3.43. The maximum Gasteiger partial charge on any atom is 0.232 e. The largest absolute Gasteiger partial charge is 0.339 e. The first-order valence-electron chi connectivity index (χ1n) is 6.33. The number of nitrogens with zero attached hydrogens (tertiary/aromatic N) is 2. The van der Waals surface area contributed by atoms with Crippen molar-refractivity contribution in [3.8, 4) is 0 Å². The smallest absolute Gasteiger partial charge is 0.232 e. The lowest BCUT2D eigenvalue weighted by molar-refractivity contribution is 0.600. The molecule has 8 heteroatoms. The van der Waals surface area contributed by atoms with Gasteiger partial charge in [-0.1, -0.05) is 18.5 Å². The van der Waals surface area contributed by atoms with E-state index in [2.05, 4.69) is 20.0 Å². The number of anilines is 3. The molecule has 0 aliphatic heterocycles. The van der Waals surface area contributed by atoms with Crippen LogP contribution in [0, 0.1) is 0 Å². The van der Waals surface area contributed by atoms with E-state index in [1.807, 2.05) is 6.92 Å². The van der Waals surface area contributed by atoms with Crippen molar-refractivity contribution in [3.05, 3.63) is 41.8 Å². The van der Waals surface area contributed by atoms with Gasteiger partial charge in [-0.2, -0.15) is 0 Å². The number of sulfonamides is 1. The highest BCUT2D eigenvalue weighted by Crippen LogP contribution is 2.23. The summed E-state index contributed by atoms with van der Waals surface area (Å²) in [5.41, 5.74) is 1.26. The highest BCUT2D eigenvalue weighted by molar-refractivity contribution is 7.92. The quantitative estimate of drug-likeness (QED) is 0.852. The second-order valence-corrected chi connectivity index (χ2v) is 6.59. The third kappa shape index (κ3) is 4.57. The van der Waals surface area contributed by atoms with E-state index in [1.54, 1.807) is 24.3 Å². The van der Waals surface area contributed by atoms with Gasteiger partial charge in [0.15, 0.2) is 5.82 Å². The van der Waals surface area contributed by atoms with Crippen LogP contribution in [-0.2, 0) is 10.0 Å². The average molecular weight is 327 g/mol. The van der Waals surface area contributed by atoms with Crippen molar-refractivity contribution in [2.75, 3.05) is 15.8 Å². The SMILES string of the molecule is CCCS(=O)(=O)Nc1ccc(Nc2ncncc2Cl)cc1. The van der Waals surface area contributed by atoms with Crippen molar-refractivity contribution in [2.24, 2.45) is 0 Å². The number of halogens is 1. The summed E-state index contributed by atoms with van der Waals surface area (Å²) in [7, 11) is -3.28. The van der Waals surface area contributed by atoms with Gasteiger partial charge in [0, 0.05) is 11.4 Å². The van der Waals surface area contributed by atoms with E-state index >= 15 is 0 Å². The molecule has 0 radical (unpaired) electrons. The van der Waals surface area contributed by atoms with Crippen molar-refractivity contribution in [2.45, 2.75) is 13.3 Å². The molecule has 1 aromatic carbocycles. The van der Waals surface area contributed by atoms with Gasteiger partial charge >= 0.3 is 0 Å². The van der Waals surface area contributed by atoms with E-state index in [0.29, 0.717) is 22.9 Å². The molecule has 1 heterocycles. The highest BCUT2D eigenvalue weighted by atomic mass is 35.5. The van der Waals surface area contributed by atoms with Crippen LogP contribution in [-0.4, -0.2) is 24.1 Å². The lowest BCUT2D eigenvalue weighted by Gasteiger charge is -2.09. The zero-order chi connectivity index (χ0) is 15.3. The Morgan fingerprint density at radius 3 is 2.48 bits per heavy atom. The van der Waals surface area contributed by atoms with Gasteiger partial charge in [-0.25, -0.2) is 18.4 Å². The van der Waals surface area contributed by atoms with Gasteiger partial charge in [-0.15, -0.1) is 0 Å². The molecule has 0 fully saturated rings. The lowest BCUT2D eigenvalue weighted by Crippen LogP contribution is -2.15. The Morgan fingerprint density at radius 1 is 1.19 bits per heavy atom. The lowest BCUT2D eigenvalue weighted by atomic mass is 10.3. The minimum Gasteiger partial charge on any atom is -0.339 e. The third-order valence-electron chi connectivity index (χ3n) is 2.56. The second kappa shape index (κ2) is 6.73. The van der Waals surface area contributed by atoms with Crippen LogP contribution in [0.1, 0.15) is 13.3 Å². The molecule has 2 rings (SSSR count). The van der Waals surface area contributed by atoms with Gasteiger partial charge < -0.3 is 5.32 Å². The van der Waals surface area contributed by atoms with Crippen molar-refractivity contribution in [1.82, 2.24) is 9.97 Å². The molecule has 0 unspecified atom stereocenters. The summed E-state index contributed by atoms with van der Waals surface area (Å²) < 4.78 is 25.8. The van der Waals surface area contributed by atoms with Crippen LogP contribution >= 0.6 is 11.6 Å². The fourth-order valence-corrected chi connectivity index (χ4v) is 2.95. The minimum absolute atomic E-state index is 0.101. The first-order chi connectivity index (χ1) is 10.00. The predicted molar refractivity (Wildman–Crippen MR) is 84.5 cm³/mol. The van der Waals surface area contributed by atoms with Crippen LogP contribution < -0.4 is 10.0 Å². The van der Waals surface area contributed by atoms with Crippen LogP contribution in [0.3, 0.4) is 0 Å². The fraction of sp³-hybridized carbons (Fsp3) is 0.231. The van der Waals surface area contributed by atoms with Gasteiger partial charge in [-0.05, 0) is 30.7 Å². The molecule has 2 aromatic rings.